The van der Waals surface area contributed by atoms with Gasteiger partial charge in [-0.05, 0) is 60.9 Å². The van der Waals surface area contributed by atoms with Crippen molar-refractivity contribution in [1.29, 1.82) is 0 Å². The Morgan fingerprint density at radius 1 is 0.861 bits per heavy atom. The van der Waals surface area contributed by atoms with Crippen molar-refractivity contribution < 1.29 is 19.8 Å². The van der Waals surface area contributed by atoms with Crippen LogP contribution in [0.3, 0.4) is 0 Å². The monoisotopic (exact) mass is 484 g/mol. The van der Waals surface area contributed by atoms with Gasteiger partial charge in [0, 0.05) is 29.7 Å². The normalized spacial score (nSPS) is 15.7. The lowest BCUT2D eigenvalue weighted by Crippen LogP contribution is -2.37. The summed E-state index contributed by atoms with van der Waals surface area (Å²) in [6.45, 7) is 3.61. The number of piperidine rings is 1. The number of hydrogen-bond donors (Lipinski definition) is 3. The first-order valence-electron chi connectivity index (χ1n) is 12.4. The van der Waals surface area contributed by atoms with E-state index in [0.29, 0.717) is 0 Å². The number of carboxylic acids is 2. The number of nitrogens with one attached hydrogen (secondary N) is 1. The summed E-state index contributed by atoms with van der Waals surface area (Å²) in [4.78, 5) is 24.6. The molecule has 186 valence electrons. The van der Waals surface area contributed by atoms with E-state index in [1.165, 1.54) is 65.8 Å². The maximum absolute atomic E-state index is 9.10. The molecule has 1 aromatic heterocycles. The molecule has 1 aliphatic rings. The second-order valence-corrected chi connectivity index (χ2v) is 9.25. The minimum Gasteiger partial charge on any atom is -0.473 e. The number of para-hydroxylation sites is 1. The van der Waals surface area contributed by atoms with E-state index in [4.69, 9.17) is 19.8 Å². The van der Waals surface area contributed by atoms with Gasteiger partial charge in [-0.25, -0.2) is 9.59 Å². The summed E-state index contributed by atoms with van der Waals surface area (Å²) < 4.78 is 0. The third kappa shape index (κ3) is 6.61. The average Bonchev–Trinajstić information content (AvgIpc) is 3.27. The highest BCUT2D eigenvalue weighted by molar-refractivity contribution is 6.27. The minimum absolute atomic E-state index is 0.719. The molecular weight excluding hydrogens is 452 g/mol. The van der Waals surface area contributed by atoms with Gasteiger partial charge in [-0.3, -0.25) is 0 Å². The predicted octanol–water partition coefficient (Wildman–Crippen LogP) is 5.49. The third-order valence-corrected chi connectivity index (χ3v) is 6.71. The van der Waals surface area contributed by atoms with Crippen LogP contribution in [0.5, 0.6) is 0 Å². The van der Waals surface area contributed by atoms with Crippen molar-refractivity contribution >= 4 is 22.8 Å². The van der Waals surface area contributed by atoms with Crippen LogP contribution in [0.4, 0.5) is 0 Å². The Hall–Kier alpha value is -3.90. The Kier molecular flexibility index (Phi) is 8.53. The summed E-state index contributed by atoms with van der Waals surface area (Å²) in [5, 5.41) is 16.2. The number of aromatic amines is 1. The molecule has 0 aliphatic carbocycles. The van der Waals surface area contributed by atoms with E-state index < -0.39 is 11.9 Å². The fourth-order valence-corrected chi connectivity index (χ4v) is 5.00. The number of likely N-dealkylation sites (tertiary alicyclic amines) is 1. The number of aromatic nitrogens is 1. The molecule has 0 spiro atoms. The molecule has 0 bridgehead atoms. The average molecular weight is 485 g/mol. The molecule has 0 amide bonds. The second-order valence-electron chi connectivity index (χ2n) is 9.25. The molecule has 5 rings (SSSR count). The van der Waals surface area contributed by atoms with Crippen molar-refractivity contribution in [1.82, 2.24) is 9.88 Å². The van der Waals surface area contributed by atoms with Gasteiger partial charge in [0.15, 0.2) is 0 Å². The van der Waals surface area contributed by atoms with Gasteiger partial charge in [-0.2, -0.15) is 0 Å². The molecule has 6 heteroatoms. The van der Waals surface area contributed by atoms with E-state index in [9.17, 15) is 0 Å². The fourth-order valence-electron chi connectivity index (χ4n) is 5.00. The van der Waals surface area contributed by atoms with E-state index >= 15 is 0 Å². The van der Waals surface area contributed by atoms with Crippen molar-refractivity contribution in [3.63, 3.8) is 0 Å². The van der Waals surface area contributed by atoms with Crippen LogP contribution in [0, 0.1) is 5.92 Å². The number of carboxylic acid groups (broad SMARTS) is 2. The number of H-pyrrole nitrogens is 1. The van der Waals surface area contributed by atoms with Gasteiger partial charge < -0.3 is 20.1 Å². The lowest BCUT2D eigenvalue weighted by atomic mass is 9.89. The van der Waals surface area contributed by atoms with Gasteiger partial charge in [0.1, 0.15) is 0 Å². The first-order chi connectivity index (χ1) is 17.5. The van der Waals surface area contributed by atoms with Crippen molar-refractivity contribution in [3.8, 4) is 11.3 Å². The Labute approximate surface area is 211 Å². The van der Waals surface area contributed by atoms with Crippen molar-refractivity contribution in [3.05, 3.63) is 96.1 Å². The zero-order valence-corrected chi connectivity index (χ0v) is 20.3. The smallest absolute Gasteiger partial charge is 0.414 e. The fraction of sp³-hybridized carbons (Fsp3) is 0.267. The number of carbonyl (C=O) groups is 2. The van der Waals surface area contributed by atoms with Crippen LogP contribution in [0.15, 0.2) is 84.9 Å². The largest absolute Gasteiger partial charge is 0.473 e. The van der Waals surface area contributed by atoms with Crippen LogP contribution >= 0.6 is 0 Å². The maximum atomic E-state index is 9.10. The molecule has 0 saturated carbocycles. The highest BCUT2D eigenvalue weighted by Gasteiger charge is 2.23. The third-order valence-electron chi connectivity index (χ3n) is 6.71. The highest BCUT2D eigenvalue weighted by Crippen LogP contribution is 2.34. The minimum atomic E-state index is -1.82. The summed E-state index contributed by atoms with van der Waals surface area (Å²) >= 11 is 0. The van der Waals surface area contributed by atoms with Gasteiger partial charge in [0.05, 0.1) is 0 Å². The second kappa shape index (κ2) is 12.2. The van der Waals surface area contributed by atoms with Gasteiger partial charge in [-0.1, -0.05) is 78.9 Å². The summed E-state index contributed by atoms with van der Waals surface area (Å²) in [5.41, 5.74) is 6.79. The van der Waals surface area contributed by atoms with Gasteiger partial charge in [-0.15, -0.1) is 0 Å². The Bertz CT molecular complexity index is 1270. The molecule has 36 heavy (non-hydrogen) atoms. The molecule has 1 fully saturated rings. The first-order valence-corrected chi connectivity index (χ1v) is 12.4. The predicted molar refractivity (Wildman–Crippen MR) is 142 cm³/mol. The van der Waals surface area contributed by atoms with E-state index in [2.05, 4.69) is 94.8 Å². The summed E-state index contributed by atoms with van der Waals surface area (Å²) in [5.74, 6) is -2.93. The number of fused-ring (bicyclic) bond motifs is 1. The summed E-state index contributed by atoms with van der Waals surface area (Å²) in [6, 6.07) is 30.5. The first kappa shape index (κ1) is 25.2. The number of aliphatic carboxylic acids is 2. The van der Waals surface area contributed by atoms with E-state index in [1.807, 2.05) is 0 Å². The summed E-state index contributed by atoms with van der Waals surface area (Å²) in [7, 11) is 0. The van der Waals surface area contributed by atoms with E-state index in [0.717, 1.165) is 18.8 Å². The number of benzene rings is 3. The molecule has 1 unspecified atom stereocenters. The van der Waals surface area contributed by atoms with Crippen molar-refractivity contribution in [2.24, 2.45) is 5.92 Å². The van der Waals surface area contributed by atoms with Crippen LogP contribution in [0.25, 0.3) is 22.2 Å². The molecule has 1 aliphatic heterocycles. The van der Waals surface area contributed by atoms with E-state index in [-0.39, 0.29) is 0 Å². The molecule has 0 radical (unpaired) electrons. The highest BCUT2D eigenvalue weighted by atomic mass is 16.4. The van der Waals surface area contributed by atoms with Crippen molar-refractivity contribution in [2.75, 3.05) is 19.6 Å². The Morgan fingerprint density at radius 2 is 1.50 bits per heavy atom. The van der Waals surface area contributed by atoms with Gasteiger partial charge in [0.2, 0.25) is 0 Å². The SMILES string of the molecule is O=C(O)C(=O)O.c1ccc(CCN2CCCC(Cc3c(-c4ccccc4)[nH]c4ccccc34)C2)cc1. The summed E-state index contributed by atoms with van der Waals surface area (Å²) in [6.07, 6.45) is 4.93. The molecule has 4 aromatic rings. The molecule has 2 heterocycles. The van der Waals surface area contributed by atoms with Crippen molar-refractivity contribution in [2.45, 2.75) is 25.7 Å². The molecule has 3 N–H and O–H groups in total. The Balaban J connectivity index is 0.000000455. The molecule has 1 atom stereocenters. The molecule has 1 saturated heterocycles. The lowest BCUT2D eigenvalue weighted by Gasteiger charge is -2.33. The number of hydrogen-bond acceptors (Lipinski definition) is 3. The zero-order valence-electron chi connectivity index (χ0n) is 20.3. The van der Waals surface area contributed by atoms with E-state index in [1.54, 1.807) is 0 Å². The zero-order chi connectivity index (χ0) is 25.3. The molecule has 6 nitrogen and oxygen atoms in total. The van der Waals surface area contributed by atoms with Crippen LogP contribution < -0.4 is 0 Å². The van der Waals surface area contributed by atoms with Gasteiger partial charge in [0.25, 0.3) is 0 Å². The standard InChI is InChI=1S/C28H30N2.C2H2O4/c1-3-10-22(11-4-1)17-19-30-18-9-12-23(21-30)20-26-25-15-7-8-16-27(25)29-28(26)24-13-5-2-6-14-24;3-1(4)2(5)6/h1-8,10-11,13-16,23,29H,9,12,17-21H2;(H,3,4)(H,5,6). The van der Waals surface area contributed by atoms with Crippen LogP contribution in [-0.2, 0) is 22.4 Å². The lowest BCUT2D eigenvalue weighted by molar-refractivity contribution is -0.159. The molecule has 3 aromatic carbocycles. The Morgan fingerprint density at radius 3 is 2.19 bits per heavy atom. The molecular formula is C30H32N2O4. The maximum Gasteiger partial charge on any atom is 0.414 e. The topological polar surface area (TPSA) is 93.6 Å². The number of rotatable bonds is 6. The quantitative estimate of drug-likeness (QED) is 0.315. The van der Waals surface area contributed by atoms with Crippen LogP contribution in [0.1, 0.15) is 24.0 Å². The number of nitrogens with zero attached hydrogens (tertiary/aromatic N) is 1. The van der Waals surface area contributed by atoms with Crippen LogP contribution in [0.2, 0.25) is 0 Å². The van der Waals surface area contributed by atoms with Gasteiger partial charge >= 0.3 is 11.9 Å². The van der Waals surface area contributed by atoms with Crippen LogP contribution in [-0.4, -0.2) is 51.7 Å².